The molecule has 5 N–H and O–H groups in total. The van der Waals surface area contributed by atoms with Crippen LogP contribution in [0.5, 0.6) is 23.3 Å². The number of benzene rings is 2. The number of aromatic hydroxyl groups is 1. The van der Waals surface area contributed by atoms with Gasteiger partial charge in [-0.05, 0) is 91.2 Å². The van der Waals surface area contributed by atoms with E-state index in [0.717, 1.165) is 77.5 Å². The van der Waals surface area contributed by atoms with E-state index in [1.807, 2.05) is 93.1 Å². The summed E-state index contributed by atoms with van der Waals surface area (Å²) in [5.74, 6) is 0.879. The monoisotopic (exact) mass is 1060 g/mol. The number of thiazole rings is 1. The Morgan fingerprint density at radius 1 is 0.896 bits per heavy atom. The second kappa shape index (κ2) is 22.4. The number of hydrogen-bond donors (Lipinski definition) is 4. The molecular weight excluding hydrogens is 999 g/mol. The van der Waals surface area contributed by atoms with Gasteiger partial charge in [0.1, 0.15) is 35.7 Å². The Labute approximate surface area is 450 Å². The molecule has 19 nitrogen and oxygen atoms in total. The topological polar surface area (TPSA) is 241 Å². The Bertz CT molecular complexity index is 3170. The second-order valence-electron chi connectivity index (χ2n) is 20.8. The number of β-amino-alcohol motifs (C(OH)–C–C–N with tert-alkyl or cyclic N) is 1. The zero-order valence-electron chi connectivity index (χ0n) is 43.3. The minimum atomic E-state index is -0.827. The van der Waals surface area contributed by atoms with Crippen LogP contribution in [0.15, 0.2) is 107 Å². The number of aromatic nitrogens is 6. The predicted octanol–water partition coefficient (Wildman–Crippen LogP) is 7.52. The molecule has 5 atom stereocenters. The number of anilines is 3. The number of nitrogens with zero attached hydrogens (tertiary/aromatic N) is 9. The summed E-state index contributed by atoms with van der Waals surface area (Å²) >= 11 is 1.59. The highest BCUT2D eigenvalue weighted by atomic mass is 32.1. The number of aliphatic hydroxyl groups excluding tert-OH is 1. The summed E-state index contributed by atoms with van der Waals surface area (Å²) in [7, 11) is 0. The molecule has 1 saturated carbocycles. The first-order chi connectivity index (χ1) is 37.4. The number of rotatable bonds is 19. The lowest BCUT2D eigenvalue weighted by Crippen LogP contribution is -2.54. The molecule has 400 valence electrons. The summed E-state index contributed by atoms with van der Waals surface area (Å²) in [6.07, 6.45) is 7.80. The highest BCUT2D eigenvalue weighted by Gasteiger charge is 2.44. The summed E-state index contributed by atoms with van der Waals surface area (Å²) in [5.41, 5.74) is 15.2. The third kappa shape index (κ3) is 11.3. The molecule has 1 aliphatic carbocycles. The fourth-order valence-corrected chi connectivity index (χ4v) is 11.9. The van der Waals surface area contributed by atoms with Gasteiger partial charge in [-0.15, -0.1) is 21.5 Å². The number of piperazine rings is 1. The highest BCUT2D eigenvalue weighted by molar-refractivity contribution is 7.13. The van der Waals surface area contributed by atoms with Gasteiger partial charge in [0.05, 0.1) is 46.4 Å². The Balaban J connectivity index is 0.607. The number of aryl methyl sites for hydroxylation is 2. The van der Waals surface area contributed by atoms with Crippen molar-refractivity contribution in [3.8, 4) is 45.0 Å². The van der Waals surface area contributed by atoms with E-state index in [2.05, 4.69) is 51.5 Å². The molecular formula is C57H63N11O8S. The number of carbonyl (C=O) groups is 2. The van der Waals surface area contributed by atoms with Crippen LogP contribution in [0.4, 0.5) is 17.2 Å². The molecule has 8 heterocycles. The van der Waals surface area contributed by atoms with Crippen molar-refractivity contribution in [2.75, 3.05) is 41.8 Å². The molecule has 77 heavy (non-hydrogen) atoms. The molecule has 20 heteroatoms. The van der Waals surface area contributed by atoms with Gasteiger partial charge >= 0.3 is 0 Å². The fraction of sp³-hybridized carbons (Fsp3) is 0.404. The van der Waals surface area contributed by atoms with E-state index in [9.17, 15) is 19.8 Å². The minimum Gasteiger partial charge on any atom is -0.507 e. The van der Waals surface area contributed by atoms with E-state index in [0.29, 0.717) is 53.9 Å². The SMILES string of the molecule is Cc1ncsc1-c1ccc(CNC(=O)[C@@H]2C[C@@H](O)CN2C(=O)C(c2cc(OCCCc3ccc(OC4CC(Oc5cc(N6C7CCC6CN(c6cc(-c8ccccc8O)nnc6N)C7)ccn5)C4)cn3)no2)C(C)C)cc1. The van der Waals surface area contributed by atoms with Gasteiger partial charge in [0.25, 0.3) is 5.88 Å². The lowest BCUT2D eigenvalue weighted by Gasteiger charge is -2.43. The van der Waals surface area contributed by atoms with E-state index >= 15 is 0 Å². The molecule has 0 radical (unpaired) electrons. The number of para-hydroxylation sites is 1. The van der Waals surface area contributed by atoms with Crippen molar-refractivity contribution in [3.63, 3.8) is 0 Å². The summed E-state index contributed by atoms with van der Waals surface area (Å²) in [6, 6.07) is 26.4. The molecule has 11 rings (SSSR count). The largest absolute Gasteiger partial charge is 0.507 e. The number of phenolic OH excluding ortho intramolecular Hbond substituents is 1. The van der Waals surface area contributed by atoms with Crippen LogP contribution in [0.25, 0.3) is 21.7 Å². The number of phenols is 1. The van der Waals surface area contributed by atoms with Gasteiger partial charge in [-0.1, -0.05) is 50.2 Å². The number of nitrogen functional groups attached to an aromatic ring is 1. The number of carbonyl (C=O) groups excluding carboxylic acids is 2. The van der Waals surface area contributed by atoms with Crippen molar-refractivity contribution in [3.05, 3.63) is 126 Å². The molecule has 4 aliphatic rings. The molecule has 2 aromatic carbocycles. The number of nitrogens with two attached hydrogens (primary N) is 1. The molecule has 3 unspecified atom stereocenters. The van der Waals surface area contributed by atoms with Gasteiger partial charge in [-0.25, -0.2) is 9.97 Å². The maximum absolute atomic E-state index is 14.1. The van der Waals surface area contributed by atoms with Crippen LogP contribution >= 0.6 is 11.3 Å². The summed E-state index contributed by atoms with van der Waals surface area (Å²) in [5, 5.41) is 36.7. The van der Waals surface area contributed by atoms with E-state index in [-0.39, 0.29) is 73.2 Å². The van der Waals surface area contributed by atoms with Crippen LogP contribution in [-0.4, -0.2) is 120 Å². The number of aliphatic hydroxyl groups is 1. The van der Waals surface area contributed by atoms with E-state index in [4.69, 9.17) is 24.5 Å². The zero-order chi connectivity index (χ0) is 53.2. The maximum Gasteiger partial charge on any atom is 0.254 e. The first-order valence-electron chi connectivity index (χ1n) is 26.4. The summed E-state index contributed by atoms with van der Waals surface area (Å²) in [4.78, 5) is 48.5. The zero-order valence-corrected chi connectivity index (χ0v) is 44.1. The number of ether oxygens (including phenoxy) is 3. The minimum absolute atomic E-state index is 0.00779. The van der Waals surface area contributed by atoms with E-state index < -0.39 is 18.1 Å². The van der Waals surface area contributed by atoms with Crippen molar-refractivity contribution in [2.24, 2.45) is 5.92 Å². The van der Waals surface area contributed by atoms with E-state index in [1.54, 1.807) is 35.7 Å². The molecule has 2 bridgehead atoms. The average molecular weight is 1060 g/mol. The number of fused-ring (bicyclic) bond motifs is 2. The third-order valence-electron chi connectivity index (χ3n) is 15.1. The van der Waals surface area contributed by atoms with Crippen LogP contribution in [0.1, 0.15) is 81.0 Å². The average Bonchev–Trinajstić information content (AvgIpc) is 4.30. The van der Waals surface area contributed by atoms with Crippen LogP contribution < -0.4 is 35.1 Å². The Hall–Kier alpha value is -7.84. The smallest absolute Gasteiger partial charge is 0.254 e. The number of likely N-dealkylation sites (tertiary alicyclic amines) is 1. The molecule has 3 saturated heterocycles. The van der Waals surface area contributed by atoms with Gasteiger partial charge in [0, 0.05) is 92.8 Å². The van der Waals surface area contributed by atoms with Gasteiger partial charge in [-0.2, -0.15) is 0 Å². The Morgan fingerprint density at radius 3 is 2.43 bits per heavy atom. The third-order valence-corrected chi connectivity index (χ3v) is 16.1. The molecule has 2 amide bonds. The maximum atomic E-state index is 14.1. The van der Waals surface area contributed by atoms with Crippen LogP contribution in [0.3, 0.4) is 0 Å². The van der Waals surface area contributed by atoms with E-state index in [1.165, 1.54) is 4.90 Å². The van der Waals surface area contributed by atoms with Gasteiger partial charge in [0.2, 0.25) is 17.7 Å². The molecule has 4 fully saturated rings. The normalized spacial score (nSPS) is 21.2. The first kappa shape index (κ1) is 51.3. The number of hydrogen-bond acceptors (Lipinski definition) is 18. The molecule has 0 spiro atoms. The van der Waals surface area contributed by atoms with Crippen molar-refractivity contribution >= 4 is 40.3 Å². The Morgan fingerprint density at radius 2 is 1.69 bits per heavy atom. The van der Waals surface area contributed by atoms with Crippen LogP contribution in [0.2, 0.25) is 0 Å². The lowest BCUT2D eigenvalue weighted by molar-refractivity contribution is -0.141. The standard InChI is InChI=1S/C57H63N11O8S/c1-33(2)53(57(72)67-31-41(69)22-48(67)56(71)61-27-35-10-12-36(13-11-35)54-34(3)62-32-77-54)50-26-52(65-76-50)73-20-6-7-37-14-17-42(28-60-37)74-43-23-44(24-43)75-51-21-38(18-19-59-51)68-39-15-16-40(68)30-66(29-39)47-25-46(63-64-55(47)58)45-8-4-5-9-49(45)70/h4-5,8-14,17-19,21,25-26,28,32-33,39-41,43-44,48,53,69-70H,6-7,15-16,20,22-24,27,29-31H2,1-3H3,(H2,58,64)(H,61,71)/t39?,40?,41-,43?,44?,48+,53?/m1/s1. The quantitative estimate of drug-likeness (QED) is 0.0573. The number of amides is 2. The molecule has 3 aliphatic heterocycles. The van der Waals surface area contributed by atoms with Crippen LogP contribution in [0, 0.1) is 12.8 Å². The lowest BCUT2D eigenvalue weighted by atomic mass is 9.91. The summed E-state index contributed by atoms with van der Waals surface area (Å²) < 4.78 is 24.2. The molecule has 5 aromatic heterocycles. The first-order valence-corrected chi connectivity index (χ1v) is 27.3. The van der Waals surface area contributed by atoms with Crippen molar-refractivity contribution in [1.29, 1.82) is 0 Å². The van der Waals surface area contributed by atoms with Crippen LogP contribution in [-0.2, 0) is 22.6 Å². The van der Waals surface area contributed by atoms with Gasteiger partial charge in [0.15, 0.2) is 11.6 Å². The van der Waals surface area contributed by atoms with Crippen molar-refractivity contribution in [1.82, 2.24) is 40.5 Å². The van der Waals surface area contributed by atoms with Crippen molar-refractivity contribution < 1.29 is 38.5 Å². The molecule has 7 aromatic rings. The van der Waals surface area contributed by atoms with Gasteiger partial charge < -0.3 is 54.7 Å². The number of pyridine rings is 2. The number of nitrogens with one attached hydrogen (secondary N) is 1. The highest BCUT2D eigenvalue weighted by Crippen LogP contribution is 2.41. The predicted molar refractivity (Wildman–Crippen MR) is 290 cm³/mol. The fourth-order valence-electron chi connectivity index (χ4n) is 11.1. The second-order valence-corrected chi connectivity index (χ2v) is 21.7. The van der Waals surface area contributed by atoms with Crippen molar-refractivity contribution in [2.45, 2.75) is 115 Å². The Kier molecular flexibility index (Phi) is 14.9. The summed E-state index contributed by atoms with van der Waals surface area (Å²) in [6.45, 7) is 8.04. The van der Waals surface area contributed by atoms with Gasteiger partial charge in [-0.3, -0.25) is 14.6 Å².